The summed E-state index contributed by atoms with van der Waals surface area (Å²) >= 11 is 0. The molecule has 4 nitrogen and oxygen atoms in total. The lowest BCUT2D eigenvalue weighted by atomic mass is 9.98. The van der Waals surface area contributed by atoms with Crippen LogP contribution >= 0.6 is 0 Å². The topological polar surface area (TPSA) is 57.6 Å². The third kappa shape index (κ3) is 2.02. The summed E-state index contributed by atoms with van der Waals surface area (Å²) in [5.74, 6) is -1.58. The van der Waals surface area contributed by atoms with E-state index in [1.54, 1.807) is 0 Å². The van der Waals surface area contributed by atoms with Gasteiger partial charge >= 0.3 is 5.97 Å². The van der Waals surface area contributed by atoms with Gasteiger partial charge in [0.25, 0.3) is 0 Å². The van der Waals surface area contributed by atoms with Crippen LogP contribution in [0.4, 0.5) is 0 Å². The van der Waals surface area contributed by atoms with Gasteiger partial charge in [-0.2, -0.15) is 0 Å². The molecule has 2 aliphatic rings. The largest absolute Gasteiger partial charge is 0.481 e. The fourth-order valence-electron chi connectivity index (χ4n) is 3.45. The van der Waals surface area contributed by atoms with Crippen molar-refractivity contribution < 1.29 is 14.7 Å². The highest BCUT2D eigenvalue weighted by molar-refractivity contribution is 5.91. The standard InChI is InChI=1S/C14H23NO3/c1-4-9-7-5-6-8-15(9)12(16)10-11(13(17)18)14(10,2)3/h9-11H,4-8H2,1-3H3,(H,17,18)/t9?,10-,11+/m1/s1. The van der Waals surface area contributed by atoms with Crippen molar-refractivity contribution in [2.75, 3.05) is 6.54 Å². The summed E-state index contributed by atoms with van der Waals surface area (Å²) in [5, 5.41) is 9.16. The number of carbonyl (C=O) groups is 2. The average Bonchev–Trinajstić information content (AvgIpc) is 2.91. The maximum atomic E-state index is 12.5. The molecule has 1 N–H and O–H groups in total. The van der Waals surface area contributed by atoms with Gasteiger partial charge in [0, 0.05) is 12.6 Å². The highest BCUT2D eigenvalue weighted by Crippen LogP contribution is 2.59. The van der Waals surface area contributed by atoms with Crippen molar-refractivity contribution in [3.63, 3.8) is 0 Å². The van der Waals surface area contributed by atoms with Gasteiger partial charge in [0.15, 0.2) is 0 Å². The van der Waals surface area contributed by atoms with Crippen molar-refractivity contribution in [2.24, 2.45) is 17.3 Å². The first-order valence-corrected chi connectivity index (χ1v) is 6.94. The Hall–Kier alpha value is -1.06. The fourth-order valence-corrected chi connectivity index (χ4v) is 3.45. The number of hydrogen-bond acceptors (Lipinski definition) is 2. The molecular weight excluding hydrogens is 230 g/mol. The van der Waals surface area contributed by atoms with Gasteiger partial charge in [-0.15, -0.1) is 0 Å². The van der Waals surface area contributed by atoms with E-state index in [0.717, 1.165) is 25.8 Å². The molecule has 2 rings (SSSR count). The van der Waals surface area contributed by atoms with Crippen LogP contribution in [0.25, 0.3) is 0 Å². The third-order valence-corrected chi connectivity index (χ3v) is 4.74. The molecule has 1 aliphatic carbocycles. The Bertz CT molecular complexity index is 364. The van der Waals surface area contributed by atoms with Gasteiger partial charge in [-0.05, 0) is 31.1 Å². The zero-order valence-corrected chi connectivity index (χ0v) is 11.5. The number of rotatable bonds is 3. The molecule has 1 aliphatic heterocycles. The number of carboxylic acid groups (broad SMARTS) is 1. The molecule has 102 valence electrons. The number of hydrogen-bond donors (Lipinski definition) is 1. The van der Waals surface area contributed by atoms with Crippen molar-refractivity contribution in [1.82, 2.24) is 4.90 Å². The second kappa shape index (κ2) is 4.56. The summed E-state index contributed by atoms with van der Waals surface area (Å²) in [5.41, 5.74) is -0.376. The molecule has 2 fully saturated rings. The van der Waals surface area contributed by atoms with Crippen molar-refractivity contribution in [3.05, 3.63) is 0 Å². The predicted octanol–water partition coefficient (Wildman–Crippen LogP) is 2.13. The fraction of sp³-hybridized carbons (Fsp3) is 0.857. The van der Waals surface area contributed by atoms with E-state index >= 15 is 0 Å². The maximum Gasteiger partial charge on any atom is 0.307 e. The number of amides is 1. The van der Waals surface area contributed by atoms with E-state index in [9.17, 15) is 9.59 Å². The number of likely N-dealkylation sites (tertiary alicyclic amines) is 1. The van der Waals surface area contributed by atoms with Gasteiger partial charge in [-0.25, -0.2) is 0 Å². The molecule has 0 aromatic carbocycles. The van der Waals surface area contributed by atoms with E-state index in [0.29, 0.717) is 6.04 Å². The third-order valence-electron chi connectivity index (χ3n) is 4.74. The van der Waals surface area contributed by atoms with E-state index in [1.807, 2.05) is 18.7 Å². The van der Waals surface area contributed by atoms with Gasteiger partial charge < -0.3 is 10.0 Å². The van der Waals surface area contributed by atoms with Crippen LogP contribution in [0.1, 0.15) is 46.5 Å². The summed E-state index contributed by atoms with van der Waals surface area (Å²) in [7, 11) is 0. The minimum atomic E-state index is -0.830. The first kappa shape index (κ1) is 13.4. The molecular formula is C14H23NO3. The number of aliphatic carboxylic acids is 1. The van der Waals surface area contributed by atoms with Crippen molar-refractivity contribution >= 4 is 11.9 Å². The Morgan fingerprint density at radius 2 is 1.94 bits per heavy atom. The van der Waals surface area contributed by atoms with Crippen LogP contribution in [0.5, 0.6) is 0 Å². The van der Waals surface area contributed by atoms with Gasteiger partial charge in [-0.1, -0.05) is 20.8 Å². The van der Waals surface area contributed by atoms with Gasteiger partial charge in [0.05, 0.1) is 11.8 Å². The van der Waals surface area contributed by atoms with E-state index in [1.165, 1.54) is 6.42 Å². The average molecular weight is 253 g/mol. The van der Waals surface area contributed by atoms with E-state index < -0.39 is 11.9 Å². The lowest BCUT2D eigenvalue weighted by molar-refractivity contribution is -0.143. The number of piperidine rings is 1. The minimum absolute atomic E-state index is 0.0685. The second-order valence-corrected chi connectivity index (χ2v) is 6.20. The molecule has 1 saturated heterocycles. The Kier molecular flexibility index (Phi) is 3.39. The van der Waals surface area contributed by atoms with Crippen LogP contribution in [-0.2, 0) is 9.59 Å². The zero-order valence-electron chi connectivity index (χ0n) is 11.5. The molecule has 0 bridgehead atoms. The number of nitrogens with zero attached hydrogens (tertiary/aromatic N) is 1. The van der Waals surface area contributed by atoms with Crippen molar-refractivity contribution in [3.8, 4) is 0 Å². The highest BCUT2D eigenvalue weighted by atomic mass is 16.4. The second-order valence-electron chi connectivity index (χ2n) is 6.20. The first-order valence-electron chi connectivity index (χ1n) is 6.94. The maximum absolute atomic E-state index is 12.5. The Morgan fingerprint density at radius 3 is 2.44 bits per heavy atom. The predicted molar refractivity (Wildman–Crippen MR) is 68.0 cm³/mol. The Labute approximate surface area is 108 Å². The minimum Gasteiger partial charge on any atom is -0.481 e. The van der Waals surface area contributed by atoms with Gasteiger partial charge in [0.2, 0.25) is 5.91 Å². The molecule has 18 heavy (non-hydrogen) atoms. The van der Waals surface area contributed by atoms with Crippen LogP contribution in [0.15, 0.2) is 0 Å². The summed E-state index contributed by atoms with van der Waals surface area (Å²) in [6.45, 7) is 6.68. The van der Waals surface area contributed by atoms with Crippen LogP contribution in [0, 0.1) is 17.3 Å². The van der Waals surface area contributed by atoms with Crippen molar-refractivity contribution in [2.45, 2.75) is 52.5 Å². The molecule has 1 unspecified atom stereocenters. The van der Waals surface area contributed by atoms with Gasteiger partial charge in [-0.3, -0.25) is 9.59 Å². The van der Waals surface area contributed by atoms with E-state index in [-0.39, 0.29) is 17.2 Å². The Balaban J connectivity index is 2.10. The van der Waals surface area contributed by atoms with E-state index in [4.69, 9.17) is 5.11 Å². The number of carboxylic acids is 1. The molecule has 3 atom stereocenters. The molecule has 0 spiro atoms. The summed E-state index contributed by atoms with van der Waals surface area (Å²) in [4.78, 5) is 25.6. The summed E-state index contributed by atoms with van der Waals surface area (Å²) in [6, 6.07) is 0.317. The summed E-state index contributed by atoms with van der Waals surface area (Å²) < 4.78 is 0. The van der Waals surface area contributed by atoms with E-state index in [2.05, 4.69) is 6.92 Å². The lowest BCUT2D eigenvalue weighted by Gasteiger charge is -2.35. The molecule has 0 radical (unpaired) electrons. The van der Waals surface area contributed by atoms with Crippen LogP contribution < -0.4 is 0 Å². The normalized spacial score (nSPS) is 34.2. The molecule has 0 aromatic rings. The summed E-state index contributed by atoms with van der Waals surface area (Å²) in [6.07, 6.45) is 4.26. The molecule has 1 amide bonds. The lowest BCUT2D eigenvalue weighted by Crippen LogP contribution is -2.44. The Morgan fingerprint density at radius 1 is 1.28 bits per heavy atom. The van der Waals surface area contributed by atoms with Crippen molar-refractivity contribution in [1.29, 1.82) is 0 Å². The zero-order chi connectivity index (χ0) is 13.5. The monoisotopic (exact) mass is 253 g/mol. The molecule has 0 aromatic heterocycles. The molecule has 1 saturated carbocycles. The van der Waals surface area contributed by atoms with Crippen LogP contribution in [0.3, 0.4) is 0 Å². The van der Waals surface area contributed by atoms with Gasteiger partial charge in [0.1, 0.15) is 0 Å². The first-order chi connectivity index (χ1) is 8.41. The molecule has 4 heteroatoms. The van der Waals surface area contributed by atoms with Crippen LogP contribution in [0.2, 0.25) is 0 Å². The highest BCUT2D eigenvalue weighted by Gasteiger charge is 2.66. The molecule has 1 heterocycles. The number of carbonyl (C=O) groups excluding carboxylic acids is 1. The smallest absolute Gasteiger partial charge is 0.307 e. The quantitative estimate of drug-likeness (QED) is 0.838. The van der Waals surface area contributed by atoms with Crippen LogP contribution in [-0.4, -0.2) is 34.5 Å². The SMILES string of the molecule is CCC1CCCCN1C(=O)[C@H]1[C@@H](C(=O)O)C1(C)C.